The molecule has 0 amide bonds. The molecule has 0 radical (unpaired) electrons. The van der Waals surface area contributed by atoms with Gasteiger partial charge in [-0.2, -0.15) is 5.26 Å². The van der Waals surface area contributed by atoms with E-state index in [1.807, 2.05) is 0 Å². The van der Waals surface area contributed by atoms with Crippen LogP contribution in [0.5, 0.6) is 0 Å². The molecule has 0 fully saturated rings. The number of carbonyl (C=O) groups excluding carboxylic acids is 1. The van der Waals surface area contributed by atoms with Gasteiger partial charge in [-0.05, 0) is 19.9 Å². The van der Waals surface area contributed by atoms with E-state index in [1.165, 1.54) is 6.08 Å². The molecule has 0 N–H and O–H groups in total. The normalized spacial score (nSPS) is 11.2. The van der Waals surface area contributed by atoms with Crippen LogP contribution in [0.1, 0.15) is 13.8 Å². The van der Waals surface area contributed by atoms with Crippen molar-refractivity contribution in [2.75, 3.05) is 6.61 Å². The lowest BCUT2D eigenvalue weighted by Gasteiger charge is -1.96. The summed E-state index contributed by atoms with van der Waals surface area (Å²) < 4.78 is 4.63. The van der Waals surface area contributed by atoms with Gasteiger partial charge in [-0.3, -0.25) is 0 Å². The van der Waals surface area contributed by atoms with Crippen LogP contribution < -0.4 is 0 Å². The summed E-state index contributed by atoms with van der Waals surface area (Å²) in [5.74, 6) is -0.571. The second-order valence-corrected chi connectivity index (χ2v) is 1.94. The Labute approximate surface area is 71.9 Å². The largest absolute Gasteiger partial charge is 0.462 e. The average Bonchev–Trinajstić information content (AvgIpc) is 2.06. The third-order valence-corrected chi connectivity index (χ3v) is 1.07. The van der Waals surface area contributed by atoms with E-state index >= 15 is 0 Å². The summed E-state index contributed by atoms with van der Waals surface area (Å²) in [6, 6.07) is 1.76. The van der Waals surface area contributed by atoms with Gasteiger partial charge in [0, 0.05) is 0 Å². The molecule has 0 heterocycles. The highest BCUT2D eigenvalue weighted by molar-refractivity contribution is 5.93. The van der Waals surface area contributed by atoms with Gasteiger partial charge in [0.05, 0.1) is 6.61 Å². The molecule has 0 spiro atoms. The van der Waals surface area contributed by atoms with E-state index in [1.54, 1.807) is 32.1 Å². The Morgan fingerprint density at radius 3 is 2.75 bits per heavy atom. The molecule has 0 bridgehead atoms. The fraction of sp³-hybridized carbons (Fsp3) is 0.333. The molecule has 0 aliphatic rings. The molecule has 0 aromatic carbocycles. The number of nitriles is 1. The van der Waals surface area contributed by atoms with Gasteiger partial charge in [-0.1, -0.05) is 12.2 Å². The first-order chi connectivity index (χ1) is 5.76. The maximum absolute atomic E-state index is 10.9. The minimum Gasteiger partial charge on any atom is -0.462 e. The summed E-state index contributed by atoms with van der Waals surface area (Å²) in [4.78, 5) is 10.9. The second-order valence-electron chi connectivity index (χ2n) is 1.94. The molecule has 64 valence electrons. The molecule has 0 saturated carbocycles. The van der Waals surface area contributed by atoms with Crippen molar-refractivity contribution in [1.29, 1.82) is 5.26 Å². The fourth-order valence-electron chi connectivity index (χ4n) is 0.552. The Hall–Kier alpha value is -1.56. The Balaban J connectivity index is 4.37. The molecule has 0 unspecified atom stereocenters. The van der Waals surface area contributed by atoms with E-state index in [2.05, 4.69) is 4.74 Å². The number of nitrogens with zero attached hydrogens (tertiary/aromatic N) is 1. The standard InChI is InChI=1S/C9H11NO2/c1-3-5-6-8(7-10)9(11)12-4-2/h3,5-6H,4H2,1-2H3/b5-3+,8-6-. The first kappa shape index (κ1) is 10.4. The van der Waals surface area contributed by atoms with Crippen molar-refractivity contribution in [3.8, 4) is 6.07 Å². The topological polar surface area (TPSA) is 50.1 Å². The molecule has 3 nitrogen and oxygen atoms in total. The maximum atomic E-state index is 10.9. The van der Waals surface area contributed by atoms with E-state index in [9.17, 15) is 4.79 Å². The predicted molar refractivity (Wildman–Crippen MR) is 45.1 cm³/mol. The summed E-state index contributed by atoms with van der Waals surface area (Å²) in [7, 11) is 0. The number of ether oxygens (including phenoxy) is 1. The molecule has 0 rings (SSSR count). The maximum Gasteiger partial charge on any atom is 0.348 e. The second kappa shape index (κ2) is 6.17. The molecule has 12 heavy (non-hydrogen) atoms. The van der Waals surface area contributed by atoms with E-state index in [4.69, 9.17) is 5.26 Å². The Morgan fingerprint density at radius 2 is 2.33 bits per heavy atom. The predicted octanol–water partition coefficient (Wildman–Crippen LogP) is 1.58. The number of carbonyl (C=O) groups is 1. The molecule has 0 saturated heterocycles. The highest BCUT2D eigenvalue weighted by Crippen LogP contribution is 1.96. The van der Waals surface area contributed by atoms with Crippen molar-refractivity contribution >= 4 is 5.97 Å². The molecular formula is C9H11NO2. The van der Waals surface area contributed by atoms with Crippen molar-refractivity contribution < 1.29 is 9.53 Å². The van der Waals surface area contributed by atoms with Gasteiger partial charge in [0.2, 0.25) is 0 Å². The van der Waals surface area contributed by atoms with Crippen molar-refractivity contribution in [1.82, 2.24) is 0 Å². The van der Waals surface area contributed by atoms with Crippen molar-refractivity contribution in [2.24, 2.45) is 0 Å². The van der Waals surface area contributed by atoms with Crippen molar-refractivity contribution in [2.45, 2.75) is 13.8 Å². The number of allylic oxidation sites excluding steroid dienone is 3. The quantitative estimate of drug-likeness (QED) is 0.276. The summed E-state index contributed by atoms with van der Waals surface area (Å²) in [5, 5.41) is 8.50. The third-order valence-electron chi connectivity index (χ3n) is 1.07. The smallest absolute Gasteiger partial charge is 0.348 e. The zero-order valence-corrected chi connectivity index (χ0v) is 7.20. The monoisotopic (exact) mass is 165 g/mol. The molecule has 3 heteroatoms. The lowest BCUT2D eigenvalue weighted by atomic mass is 10.2. The lowest BCUT2D eigenvalue weighted by molar-refractivity contribution is -0.138. The van der Waals surface area contributed by atoms with Crippen LogP contribution >= 0.6 is 0 Å². The molecule has 0 atom stereocenters. The highest BCUT2D eigenvalue weighted by atomic mass is 16.5. The van der Waals surface area contributed by atoms with Gasteiger partial charge in [0.1, 0.15) is 11.6 Å². The van der Waals surface area contributed by atoms with E-state index in [-0.39, 0.29) is 12.2 Å². The van der Waals surface area contributed by atoms with Crippen LogP contribution in [-0.2, 0) is 9.53 Å². The van der Waals surface area contributed by atoms with E-state index in [0.29, 0.717) is 0 Å². The third kappa shape index (κ3) is 3.57. The van der Waals surface area contributed by atoms with Gasteiger partial charge < -0.3 is 4.74 Å². The Kier molecular flexibility index (Phi) is 5.37. The highest BCUT2D eigenvalue weighted by Gasteiger charge is 2.06. The summed E-state index contributed by atoms with van der Waals surface area (Å²) in [5.41, 5.74) is 0.0231. The van der Waals surface area contributed by atoms with Gasteiger partial charge in [-0.15, -0.1) is 0 Å². The van der Waals surface area contributed by atoms with Gasteiger partial charge in [0.25, 0.3) is 0 Å². The number of esters is 1. The minimum atomic E-state index is -0.571. The van der Waals surface area contributed by atoms with Gasteiger partial charge >= 0.3 is 5.97 Å². The van der Waals surface area contributed by atoms with Gasteiger partial charge in [-0.25, -0.2) is 4.79 Å². The van der Waals surface area contributed by atoms with Crippen molar-refractivity contribution in [3.63, 3.8) is 0 Å². The van der Waals surface area contributed by atoms with Gasteiger partial charge in [0.15, 0.2) is 0 Å². The summed E-state index contributed by atoms with van der Waals surface area (Å²) in [6.07, 6.45) is 4.78. The zero-order chi connectivity index (χ0) is 9.40. The Bertz CT molecular complexity index is 246. The molecule has 0 aromatic rings. The van der Waals surface area contributed by atoms with E-state index < -0.39 is 5.97 Å². The SMILES string of the molecule is C/C=C/C=C(/C#N)C(=O)OCC. The Morgan fingerprint density at radius 1 is 1.67 bits per heavy atom. The number of hydrogen-bond donors (Lipinski definition) is 0. The van der Waals surface area contributed by atoms with Crippen molar-refractivity contribution in [3.05, 3.63) is 23.8 Å². The molecular weight excluding hydrogens is 154 g/mol. The van der Waals surface area contributed by atoms with Crippen LogP contribution in [0.2, 0.25) is 0 Å². The minimum absolute atomic E-state index is 0.0231. The first-order valence-electron chi connectivity index (χ1n) is 3.66. The van der Waals surface area contributed by atoms with Crippen LogP contribution in [0, 0.1) is 11.3 Å². The van der Waals surface area contributed by atoms with Crippen LogP contribution in [0.3, 0.4) is 0 Å². The van der Waals surface area contributed by atoms with Crippen LogP contribution in [0.4, 0.5) is 0 Å². The average molecular weight is 165 g/mol. The van der Waals surface area contributed by atoms with Crippen LogP contribution in [-0.4, -0.2) is 12.6 Å². The fourth-order valence-corrected chi connectivity index (χ4v) is 0.552. The zero-order valence-electron chi connectivity index (χ0n) is 7.20. The van der Waals surface area contributed by atoms with Crippen LogP contribution in [0.15, 0.2) is 23.8 Å². The molecule has 0 aliphatic carbocycles. The molecule has 0 aromatic heterocycles. The molecule has 0 aliphatic heterocycles. The summed E-state index contributed by atoms with van der Waals surface area (Å²) in [6.45, 7) is 3.78. The lowest BCUT2D eigenvalue weighted by Crippen LogP contribution is -2.05. The van der Waals surface area contributed by atoms with E-state index in [0.717, 1.165) is 0 Å². The number of rotatable bonds is 3. The first-order valence-corrected chi connectivity index (χ1v) is 3.66. The summed E-state index contributed by atoms with van der Waals surface area (Å²) >= 11 is 0. The van der Waals surface area contributed by atoms with Crippen LogP contribution in [0.25, 0.3) is 0 Å². The number of hydrogen-bond acceptors (Lipinski definition) is 3.